The number of ether oxygens (including phenoxy) is 1. The Morgan fingerprint density at radius 3 is 2.58 bits per heavy atom. The first-order valence-electron chi connectivity index (χ1n) is 12.1. The number of esters is 1. The van der Waals surface area contributed by atoms with Gasteiger partial charge >= 0.3 is 5.97 Å². The zero-order valence-corrected chi connectivity index (χ0v) is 20.1. The summed E-state index contributed by atoms with van der Waals surface area (Å²) in [4.78, 5) is 15.8. The fourth-order valence-corrected chi connectivity index (χ4v) is 4.78. The summed E-state index contributed by atoms with van der Waals surface area (Å²) in [5.41, 5.74) is 2.55. The summed E-state index contributed by atoms with van der Waals surface area (Å²) in [7, 11) is 0. The van der Waals surface area contributed by atoms with Crippen molar-refractivity contribution in [2.45, 2.75) is 64.9 Å². The Hall–Kier alpha value is -2.75. The minimum Gasteiger partial charge on any atom is -0.462 e. The number of hydrogen-bond acceptors (Lipinski definition) is 3. The second-order valence-electron chi connectivity index (χ2n) is 8.77. The summed E-state index contributed by atoms with van der Waals surface area (Å²) in [5, 5.41) is 0. The number of hydrogen-bond donors (Lipinski definition) is 0. The van der Waals surface area contributed by atoms with Gasteiger partial charge in [0.25, 0.3) is 0 Å². The Bertz CT molecular complexity index is 879. The molecule has 1 saturated carbocycles. The number of rotatable bonds is 6. The molecule has 4 atom stereocenters. The molecule has 0 spiro atoms. The molecular formula is C29H38FNO2. The third kappa shape index (κ3) is 7.66. The molecule has 4 heteroatoms. The number of unbranched alkanes of at least 4 members (excludes halogenated alkanes) is 2. The van der Waals surface area contributed by atoms with Crippen LogP contribution in [-0.4, -0.2) is 17.1 Å². The van der Waals surface area contributed by atoms with Gasteiger partial charge in [-0.15, -0.1) is 13.2 Å². The summed E-state index contributed by atoms with van der Waals surface area (Å²) in [6, 6.07) is 10.2. The van der Waals surface area contributed by atoms with Crippen molar-refractivity contribution in [3.05, 3.63) is 73.8 Å². The number of carbonyl (C=O) groups is 1. The van der Waals surface area contributed by atoms with Crippen LogP contribution in [0.4, 0.5) is 4.39 Å². The molecule has 0 radical (unpaired) electrons. The average Bonchev–Trinajstić information content (AvgIpc) is 3.14. The molecule has 1 aromatic carbocycles. The number of nitrogens with zero attached hydrogens (tertiary/aromatic N) is 1. The molecule has 1 saturated heterocycles. The van der Waals surface area contributed by atoms with Gasteiger partial charge in [-0.3, -0.25) is 9.78 Å². The molecular weight excluding hydrogens is 413 g/mol. The highest BCUT2D eigenvalue weighted by Gasteiger charge is 2.45. The number of benzene rings is 1. The minimum atomic E-state index is -0.236. The Kier molecular flexibility index (Phi) is 11.0. The fourth-order valence-electron chi connectivity index (χ4n) is 4.78. The maximum absolute atomic E-state index is 13.0. The standard InChI is InChI=1S/C14H24O2.C13H10FN.C2H4/c1-3-4-5-6-11-7-8-12-10(2)16-14(15)13(12)9-11;1-2-13-7-6-11(9-15-13)10-4-3-5-12(14)8-10;1-2/h10-13H,3-9H2,1-2H3;2-9H,1H2;1-2H2/t10-,11-,12-,13-;;/m1../s1. The second-order valence-corrected chi connectivity index (χ2v) is 8.77. The zero-order valence-electron chi connectivity index (χ0n) is 20.1. The van der Waals surface area contributed by atoms with Gasteiger partial charge in [-0.1, -0.05) is 57.4 Å². The van der Waals surface area contributed by atoms with Crippen molar-refractivity contribution in [1.82, 2.24) is 4.98 Å². The Morgan fingerprint density at radius 1 is 1.15 bits per heavy atom. The first kappa shape index (κ1) is 26.5. The van der Waals surface area contributed by atoms with Crippen LogP contribution in [0.15, 0.2) is 62.3 Å². The van der Waals surface area contributed by atoms with Crippen molar-refractivity contribution < 1.29 is 13.9 Å². The Balaban J connectivity index is 0.000000218. The number of fused-ring (bicyclic) bond motifs is 1. The monoisotopic (exact) mass is 451 g/mol. The molecule has 1 aromatic heterocycles. The van der Waals surface area contributed by atoms with Crippen LogP contribution in [0.25, 0.3) is 17.2 Å². The highest BCUT2D eigenvalue weighted by Crippen LogP contribution is 2.43. The van der Waals surface area contributed by atoms with Crippen molar-refractivity contribution >= 4 is 12.0 Å². The van der Waals surface area contributed by atoms with E-state index >= 15 is 0 Å². The smallest absolute Gasteiger partial charge is 0.309 e. The van der Waals surface area contributed by atoms with E-state index < -0.39 is 0 Å². The molecule has 2 aliphatic rings. The number of halogens is 1. The number of carbonyl (C=O) groups excluding carboxylic acids is 1. The van der Waals surface area contributed by atoms with Gasteiger partial charge < -0.3 is 4.74 Å². The van der Waals surface area contributed by atoms with Crippen LogP contribution in [0.3, 0.4) is 0 Å². The molecule has 4 rings (SSSR count). The van der Waals surface area contributed by atoms with Crippen molar-refractivity contribution in [2.75, 3.05) is 0 Å². The zero-order chi connectivity index (χ0) is 24.2. The molecule has 33 heavy (non-hydrogen) atoms. The summed E-state index contributed by atoms with van der Waals surface area (Å²) < 4.78 is 18.3. The summed E-state index contributed by atoms with van der Waals surface area (Å²) in [6.07, 6.45) is 12.5. The van der Waals surface area contributed by atoms with Gasteiger partial charge in [0.2, 0.25) is 0 Å². The Morgan fingerprint density at radius 2 is 1.94 bits per heavy atom. The molecule has 0 amide bonds. The van der Waals surface area contributed by atoms with Crippen LogP contribution in [0.1, 0.15) is 64.5 Å². The predicted octanol–water partition coefficient (Wildman–Crippen LogP) is 7.88. The van der Waals surface area contributed by atoms with Gasteiger partial charge in [-0.05, 0) is 61.9 Å². The number of aromatic nitrogens is 1. The number of pyridine rings is 1. The van der Waals surface area contributed by atoms with Gasteiger partial charge in [0.1, 0.15) is 11.9 Å². The normalized spacial score (nSPS) is 23.2. The topological polar surface area (TPSA) is 39.2 Å². The number of cyclic esters (lactones) is 1. The Labute approximate surface area is 198 Å². The first-order valence-corrected chi connectivity index (χ1v) is 12.1. The van der Waals surface area contributed by atoms with Crippen LogP contribution < -0.4 is 0 Å². The molecule has 0 unspecified atom stereocenters. The predicted molar refractivity (Wildman–Crippen MR) is 135 cm³/mol. The summed E-state index contributed by atoms with van der Waals surface area (Å²) in [5.74, 6) is 1.38. The largest absolute Gasteiger partial charge is 0.462 e. The van der Waals surface area contributed by atoms with Crippen molar-refractivity contribution in [2.24, 2.45) is 17.8 Å². The summed E-state index contributed by atoms with van der Waals surface area (Å²) in [6.45, 7) is 13.9. The van der Waals surface area contributed by atoms with E-state index in [4.69, 9.17) is 4.74 Å². The van der Waals surface area contributed by atoms with Gasteiger partial charge in [-0.2, -0.15) is 0 Å². The van der Waals surface area contributed by atoms with E-state index in [-0.39, 0.29) is 23.8 Å². The van der Waals surface area contributed by atoms with Crippen LogP contribution in [0, 0.1) is 23.6 Å². The minimum absolute atomic E-state index is 0.0812. The van der Waals surface area contributed by atoms with E-state index in [0.717, 1.165) is 29.2 Å². The van der Waals surface area contributed by atoms with E-state index in [1.807, 2.05) is 18.2 Å². The van der Waals surface area contributed by atoms with Gasteiger partial charge in [0.15, 0.2) is 0 Å². The lowest BCUT2D eigenvalue weighted by Crippen LogP contribution is -2.27. The summed E-state index contributed by atoms with van der Waals surface area (Å²) >= 11 is 0. The molecule has 0 bridgehead atoms. The highest BCUT2D eigenvalue weighted by atomic mass is 19.1. The SMILES string of the molecule is C=C.C=Cc1ccc(-c2cccc(F)c2)cn1.CCCCC[C@@H]1CC[C@@H]2[C@@H](C)OC(=O)[C@@H]2C1. The van der Waals surface area contributed by atoms with E-state index in [0.29, 0.717) is 5.92 Å². The second kappa shape index (κ2) is 13.7. The molecule has 0 N–H and O–H groups in total. The lowest BCUT2D eigenvalue weighted by molar-refractivity contribution is -0.144. The van der Waals surface area contributed by atoms with Crippen molar-refractivity contribution in [3.63, 3.8) is 0 Å². The molecule has 1 aliphatic carbocycles. The van der Waals surface area contributed by atoms with Crippen LogP contribution >= 0.6 is 0 Å². The van der Waals surface area contributed by atoms with Crippen LogP contribution in [0.2, 0.25) is 0 Å². The molecule has 2 fully saturated rings. The van der Waals surface area contributed by atoms with Crippen LogP contribution in [-0.2, 0) is 9.53 Å². The fraction of sp³-hybridized carbons (Fsp3) is 0.448. The highest BCUT2D eigenvalue weighted by molar-refractivity contribution is 5.75. The van der Waals surface area contributed by atoms with Gasteiger partial charge in [0.05, 0.1) is 11.6 Å². The molecule has 2 heterocycles. The lowest BCUT2D eigenvalue weighted by Gasteiger charge is -2.30. The van der Waals surface area contributed by atoms with Crippen molar-refractivity contribution in [1.29, 1.82) is 0 Å². The molecule has 3 nitrogen and oxygen atoms in total. The van der Waals surface area contributed by atoms with Crippen LogP contribution in [0.5, 0.6) is 0 Å². The maximum atomic E-state index is 13.0. The third-order valence-electron chi connectivity index (χ3n) is 6.59. The van der Waals surface area contributed by atoms with E-state index in [1.165, 1.54) is 50.7 Å². The van der Waals surface area contributed by atoms with Crippen molar-refractivity contribution in [3.8, 4) is 11.1 Å². The van der Waals surface area contributed by atoms with E-state index in [9.17, 15) is 9.18 Å². The maximum Gasteiger partial charge on any atom is 0.309 e. The third-order valence-corrected chi connectivity index (χ3v) is 6.59. The average molecular weight is 452 g/mol. The molecule has 1 aliphatic heterocycles. The van der Waals surface area contributed by atoms with Gasteiger partial charge in [-0.25, -0.2) is 4.39 Å². The lowest BCUT2D eigenvalue weighted by atomic mass is 9.72. The molecule has 2 aromatic rings. The first-order chi connectivity index (χ1) is 16.0. The quantitative estimate of drug-likeness (QED) is 0.255. The van der Waals surface area contributed by atoms with Gasteiger partial charge in [0, 0.05) is 17.7 Å². The van der Waals surface area contributed by atoms with E-state index in [1.54, 1.807) is 18.3 Å². The van der Waals surface area contributed by atoms with E-state index in [2.05, 4.69) is 38.6 Å². The molecule has 178 valence electrons.